The maximum Gasteiger partial charge on any atom is 0.202 e. The van der Waals surface area contributed by atoms with Crippen molar-refractivity contribution in [1.82, 2.24) is 9.36 Å². The van der Waals surface area contributed by atoms with E-state index in [2.05, 4.69) is 58.9 Å². The van der Waals surface area contributed by atoms with Crippen molar-refractivity contribution in [3.8, 4) is 0 Å². The fraction of sp³-hybridized carbons (Fsp3) is 0.429. The van der Waals surface area contributed by atoms with E-state index in [1.807, 2.05) is 0 Å². The van der Waals surface area contributed by atoms with Crippen LogP contribution in [0.3, 0.4) is 0 Å². The summed E-state index contributed by atoms with van der Waals surface area (Å²) in [7, 11) is 0. The lowest BCUT2D eigenvalue weighted by Crippen LogP contribution is -2.15. The summed E-state index contributed by atoms with van der Waals surface area (Å²) < 4.78 is 4.27. The molecule has 3 nitrogen and oxygen atoms in total. The van der Waals surface area contributed by atoms with Crippen LogP contribution >= 0.6 is 11.5 Å². The zero-order valence-electron chi connectivity index (χ0n) is 10.9. The minimum absolute atomic E-state index is 0.419. The van der Waals surface area contributed by atoms with E-state index in [-0.39, 0.29) is 0 Å². The molecule has 2 aromatic rings. The molecule has 96 valence electrons. The van der Waals surface area contributed by atoms with Gasteiger partial charge >= 0.3 is 0 Å². The number of rotatable bonds is 6. The van der Waals surface area contributed by atoms with E-state index in [0.29, 0.717) is 6.04 Å². The summed E-state index contributed by atoms with van der Waals surface area (Å²) in [5.74, 6) is 0.928. The van der Waals surface area contributed by atoms with Crippen molar-refractivity contribution in [2.45, 2.75) is 39.2 Å². The van der Waals surface area contributed by atoms with E-state index in [0.717, 1.165) is 30.2 Å². The van der Waals surface area contributed by atoms with Gasteiger partial charge in [-0.25, -0.2) is 4.98 Å². The van der Waals surface area contributed by atoms with Gasteiger partial charge < -0.3 is 5.32 Å². The van der Waals surface area contributed by atoms with E-state index in [1.54, 1.807) is 0 Å². The third-order valence-corrected chi connectivity index (χ3v) is 3.55. The highest BCUT2D eigenvalue weighted by atomic mass is 32.1. The number of aromatic nitrogens is 2. The first kappa shape index (κ1) is 13.0. The average Bonchev–Trinajstić information content (AvgIpc) is 2.85. The van der Waals surface area contributed by atoms with Gasteiger partial charge in [-0.3, -0.25) is 0 Å². The Labute approximate surface area is 112 Å². The molecule has 2 rings (SSSR count). The topological polar surface area (TPSA) is 37.8 Å². The smallest absolute Gasteiger partial charge is 0.202 e. The molecule has 0 saturated heterocycles. The van der Waals surface area contributed by atoms with Gasteiger partial charge in [-0.1, -0.05) is 37.3 Å². The Hall–Kier alpha value is -1.42. The maximum atomic E-state index is 4.42. The number of aryl methyl sites for hydroxylation is 2. The zero-order chi connectivity index (χ0) is 12.8. The number of hydrogen-bond donors (Lipinski definition) is 1. The molecule has 0 amide bonds. The quantitative estimate of drug-likeness (QED) is 0.864. The van der Waals surface area contributed by atoms with E-state index in [1.165, 1.54) is 17.1 Å². The van der Waals surface area contributed by atoms with Crippen LogP contribution in [0, 0.1) is 0 Å². The molecule has 0 saturated carbocycles. The Bertz CT molecular complexity index is 467. The molecule has 1 N–H and O–H groups in total. The van der Waals surface area contributed by atoms with Gasteiger partial charge in [0.25, 0.3) is 0 Å². The van der Waals surface area contributed by atoms with E-state index < -0.39 is 0 Å². The van der Waals surface area contributed by atoms with Gasteiger partial charge in [0.15, 0.2) is 0 Å². The van der Waals surface area contributed by atoms with Gasteiger partial charge in [0.05, 0.1) is 0 Å². The van der Waals surface area contributed by atoms with Crippen molar-refractivity contribution in [2.24, 2.45) is 0 Å². The molecule has 1 aromatic carbocycles. The summed E-state index contributed by atoms with van der Waals surface area (Å²) in [5, 5.41) is 4.35. The van der Waals surface area contributed by atoms with Crippen LogP contribution in [0.2, 0.25) is 0 Å². The Kier molecular flexibility index (Phi) is 4.70. The predicted octanol–water partition coefficient (Wildman–Crippen LogP) is 3.53. The summed E-state index contributed by atoms with van der Waals surface area (Å²) in [6.45, 7) is 4.26. The standard InChI is InChI=1S/C14H19N3S/c1-3-13-16-14(18-17-13)15-11(2)9-10-12-7-5-4-6-8-12/h4-8,11H,3,9-10H2,1-2H3,(H,15,16,17). The van der Waals surface area contributed by atoms with Crippen molar-refractivity contribution in [3.05, 3.63) is 41.7 Å². The first-order chi connectivity index (χ1) is 8.78. The predicted molar refractivity (Wildman–Crippen MR) is 77.1 cm³/mol. The van der Waals surface area contributed by atoms with Crippen LogP contribution < -0.4 is 5.32 Å². The van der Waals surface area contributed by atoms with Crippen LogP contribution in [0.25, 0.3) is 0 Å². The second kappa shape index (κ2) is 6.50. The molecule has 1 unspecified atom stereocenters. The van der Waals surface area contributed by atoms with E-state index in [9.17, 15) is 0 Å². The first-order valence-corrected chi connectivity index (χ1v) is 7.18. The molecule has 1 heterocycles. The van der Waals surface area contributed by atoms with Crippen molar-refractivity contribution in [3.63, 3.8) is 0 Å². The molecule has 1 atom stereocenters. The Morgan fingerprint density at radius 1 is 1.28 bits per heavy atom. The molecular formula is C14H19N3S. The zero-order valence-corrected chi connectivity index (χ0v) is 11.7. The molecule has 1 aromatic heterocycles. The highest BCUT2D eigenvalue weighted by molar-refractivity contribution is 7.09. The highest BCUT2D eigenvalue weighted by Crippen LogP contribution is 2.14. The fourth-order valence-electron chi connectivity index (χ4n) is 1.77. The van der Waals surface area contributed by atoms with Gasteiger partial charge in [0.1, 0.15) is 5.82 Å². The maximum absolute atomic E-state index is 4.42. The molecule has 0 aliphatic carbocycles. The monoisotopic (exact) mass is 261 g/mol. The molecule has 0 fully saturated rings. The highest BCUT2D eigenvalue weighted by Gasteiger charge is 2.06. The van der Waals surface area contributed by atoms with E-state index >= 15 is 0 Å². The second-order valence-corrected chi connectivity index (χ2v) is 5.19. The van der Waals surface area contributed by atoms with Crippen LogP contribution in [0.5, 0.6) is 0 Å². The van der Waals surface area contributed by atoms with Gasteiger partial charge in [-0.2, -0.15) is 4.37 Å². The van der Waals surface area contributed by atoms with Crippen molar-refractivity contribution in [2.75, 3.05) is 5.32 Å². The lowest BCUT2D eigenvalue weighted by Gasteiger charge is -2.12. The van der Waals surface area contributed by atoms with Crippen LogP contribution in [0.4, 0.5) is 5.13 Å². The summed E-state index contributed by atoms with van der Waals surface area (Å²) in [5.41, 5.74) is 1.39. The first-order valence-electron chi connectivity index (χ1n) is 6.41. The van der Waals surface area contributed by atoms with Crippen LogP contribution in [0.1, 0.15) is 31.7 Å². The van der Waals surface area contributed by atoms with Gasteiger partial charge in [0, 0.05) is 24.0 Å². The molecule has 0 spiro atoms. The van der Waals surface area contributed by atoms with Crippen molar-refractivity contribution >= 4 is 16.7 Å². The second-order valence-electron chi connectivity index (χ2n) is 4.44. The van der Waals surface area contributed by atoms with Crippen LogP contribution in [0.15, 0.2) is 30.3 Å². The molecule has 0 bridgehead atoms. The lowest BCUT2D eigenvalue weighted by atomic mass is 10.1. The minimum atomic E-state index is 0.419. The normalized spacial score (nSPS) is 12.3. The van der Waals surface area contributed by atoms with Crippen molar-refractivity contribution in [1.29, 1.82) is 0 Å². The lowest BCUT2D eigenvalue weighted by molar-refractivity contribution is 0.705. The summed E-state index contributed by atoms with van der Waals surface area (Å²) >= 11 is 1.45. The molecule has 0 radical (unpaired) electrons. The largest absolute Gasteiger partial charge is 0.358 e. The molecule has 18 heavy (non-hydrogen) atoms. The molecule has 4 heteroatoms. The molecule has 0 aliphatic heterocycles. The number of benzene rings is 1. The molecule has 0 aliphatic rings. The Balaban J connectivity index is 1.80. The molecular weight excluding hydrogens is 242 g/mol. The fourth-order valence-corrected chi connectivity index (χ4v) is 2.53. The van der Waals surface area contributed by atoms with Crippen molar-refractivity contribution < 1.29 is 0 Å². The van der Waals surface area contributed by atoms with Crippen LogP contribution in [-0.4, -0.2) is 15.4 Å². The van der Waals surface area contributed by atoms with E-state index in [4.69, 9.17) is 0 Å². The summed E-state index contributed by atoms with van der Waals surface area (Å²) in [6, 6.07) is 11.0. The average molecular weight is 261 g/mol. The number of nitrogens with zero attached hydrogens (tertiary/aromatic N) is 2. The Morgan fingerprint density at radius 3 is 2.72 bits per heavy atom. The summed E-state index contributed by atoms with van der Waals surface area (Å²) in [4.78, 5) is 4.42. The minimum Gasteiger partial charge on any atom is -0.358 e. The summed E-state index contributed by atoms with van der Waals surface area (Å²) in [6.07, 6.45) is 3.09. The SMILES string of the molecule is CCc1nsc(NC(C)CCc2ccccc2)n1. The number of anilines is 1. The van der Waals surface area contributed by atoms with Gasteiger partial charge in [-0.15, -0.1) is 0 Å². The third-order valence-electron chi connectivity index (χ3n) is 2.86. The van der Waals surface area contributed by atoms with Gasteiger partial charge in [-0.05, 0) is 25.3 Å². The number of hydrogen-bond acceptors (Lipinski definition) is 4. The third kappa shape index (κ3) is 3.81. The number of nitrogens with one attached hydrogen (secondary N) is 1. The Morgan fingerprint density at radius 2 is 2.06 bits per heavy atom. The van der Waals surface area contributed by atoms with Crippen LogP contribution in [-0.2, 0) is 12.8 Å². The van der Waals surface area contributed by atoms with Gasteiger partial charge in [0.2, 0.25) is 5.13 Å².